The zero-order chi connectivity index (χ0) is 36.1. The number of benzene rings is 4. The Bertz CT molecular complexity index is 1700. The lowest BCUT2D eigenvalue weighted by molar-refractivity contribution is -0.140. The largest absolute Gasteiger partial charge is 0.368 e. The normalized spacial score (nSPS) is 16.3. The van der Waals surface area contributed by atoms with E-state index in [4.69, 9.17) is 4.74 Å². The number of ether oxygens (including phenoxy) is 1. The molecule has 0 bridgehead atoms. The maximum Gasteiger partial charge on any atom is 0.225 e. The Morgan fingerprint density at radius 2 is 0.843 bits per heavy atom. The number of anilines is 2. The van der Waals surface area contributed by atoms with Crippen LogP contribution in [0.5, 0.6) is 0 Å². The molecule has 268 valence electrons. The van der Waals surface area contributed by atoms with Gasteiger partial charge in [-0.15, -0.1) is 0 Å². The molecule has 2 saturated heterocycles. The van der Waals surface area contributed by atoms with Crippen molar-refractivity contribution < 1.29 is 40.7 Å². The molecule has 0 saturated carbocycles. The van der Waals surface area contributed by atoms with Crippen molar-refractivity contribution in [1.29, 1.82) is 0 Å². The van der Waals surface area contributed by atoms with E-state index in [9.17, 15) is 27.2 Å². The third-order valence-corrected chi connectivity index (χ3v) is 9.38. The highest BCUT2D eigenvalue weighted by Gasteiger charge is 2.34. The van der Waals surface area contributed by atoms with E-state index < -0.39 is 82.9 Å². The van der Waals surface area contributed by atoms with Crippen molar-refractivity contribution >= 4 is 23.2 Å². The molecule has 51 heavy (non-hydrogen) atoms. The minimum atomic E-state index is -1.81. The Morgan fingerprint density at radius 3 is 1.20 bits per heavy atom. The molecule has 2 amide bonds. The van der Waals surface area contributed by atoms with Crippen LogP contribution in [0.3, 0.4) is 0 Å². The fourth-order valence-corrected chi connectivity index (χ4v) is 6.52. The van der Waals surface area contributed by atoms with Crippen LogP contribution in [0.1, 0.15) is 36.2 Å². The Morgan fingerprint density at radius 1 is 0.490 bits per heavy atom. The summed E-state index contributed by atoms with van der Waals surface area (Å²) in [7, 11) is 0. The molecule has 0 radical (unpaired) electrons. The van der Waals surface area contributed by atoms with Crippen LogP contribution in [-0.2, 0) is 14.3 Å². The monoisotopic (exact) mass is 710 g/mol. The minimum absolute atomic E-state index is 0.287. The second-order valence-electron chi connectivity index (χ2n) is 12.5. The first-order valence-corrected chi connectivity index (χ1v) is 16.7. The van der Waals surface area contributed by atoms with Crippen LogP contribution in [0.2, 0.25) is 0 Å². The molecule has 0 N–H and O–H groups in total. The van der Waals surface area contributed by atoms with Crippen LogP contribution in [-0.4, -0.2) is 74.0 Å². The van der Waals surface area contributed by atoms with E-state index in [0.29, 0.717) is 38.3 Å². The molecule has 0 aliphatic carbocycles. The van der Waals surface area contributed by atoms with Crippen LogP contribution < -0.4 is 9.80 Å². The van der Waals surface area contributed by atoms with Crippen molar-refractivity contribution in [3.8, 4) is 0 Å². The number of halogens is 6. The highest BCUT2D eigenvalue weighted by atomic mass is 19.2. The maximum atomic E-state index is 15.3. The molecule has 2 heterocycles. The van der Waals surface area contributed by atoms with Crippen molar-refractivity contribution in [2.45, 2.75) is 25.0 Å². The fourth-order valence-electron chi connectivity index (χ4n) is 6.52. The van der Waals surface area contributed by atoms with Crippen molar-refractivity contribution in [1.82, 2.24) is 9.80 Å². The van der Waals surface area contributed by atoms with Gasteiger partial charge in [-0.2, -0.15) is 0 Å². The summed E-state index contributed by atoms with van der Waals surface area (Å²) < 4.78 is 93.9. The van der Waals surface area contributed by atoms with Gasteiger partial charge in [0.15, 0.2) is 34.9 Å². The molecule has 4 aromatic rings. The molecule has 2 unspecified atom stereocenters. The molecule has 0 aromatic heterocycles. The number of nitrogens with zero attached hydrogens (tertiary/aromatic N) is 4. The van der Waals surface area contributed by atoms with E-state index in [0.717, 1.165) is 23.5 Å². The Balaban J connectivity index is 1.24. The summed E-state index contributed by atoms with van der Waals surface area (Å²) in [5.41, 5.74) is 0.832. The third-order valence-electron chi connectivity index (χ3n) is 9.38. The fraction of sp³-hybridized carbons (Fsp3) is 0.316. The topological polar surface area (TPSA) is 56.3 Å². The first-order chi connectivity index (χ1) is 24.6. The summed E-state index contributed by atoms with van der Waals surface area (Å²) in [5.74, 6) is -10.9. The van der Waals surface area contributed by atoms with Gasteiger partial charge in [-0.1, -0.05) is 48.5 Å². The Labute approximate surface area is 291 Å². The van der Waals surface area contributed by atoms with Gasteiger partial charge in [-0.3, -0.25) is 9.59 Å². The molecule has 2 aliphatic rings. The zero-order valence-corrected chi connectivity index (χ0v) is 27.6. The number of hydrogen-bond acceptors (Lipinski definition) is 5. The highest BCUT2D eigenvalue weighted by Crippen LogP contribution is 2.37. The smallest absolute Gasteiger partial charge is 0.225 e. The average Bonchev–Trinajstić information content (AvgIpc) is 3.16. The molecule has 7 nitrogen and oxygen atoms in total. The molecule has 6 rings (SSSR count). The second-order valence-corrected chi connectivity index (χ2v) is 12.5. The number of piperazine rings is 2. The summed E-state index contributed by atoms with van der Waals surface area (Å²) in [6.45, 7) is 3.08. The summed E-state index contributed by atoms with van der Waals surface area (Å²) in [6, 6.07) is 22.3. The third kappa shape index (κ3) is 8.14. The lowest BCUT2D eigenvalue weighted by Gasteiger charge is -2.37. The molecular formula is C38H36F6N4O3. The van der Waals surface area contributed by atoms with Gasteiger partial charge in [0.1, 0.15) is 0 Å². The molecule has 2 fully saturated rings. The van der Waals surface area contributed by atoms with Gasteiger partial charge in [0, 0.05) is 74.9 Å². The number of amides is 2. The first-order valence-electron chi connectivity index (χ1n) is 16.7. The predicted molar refractivity (Wildman–Crippen MR) is 179 cm³/mol. The van der Waals surface area contributed by atoms with Crippen molar-refractivity contribution in [3.63, 3.8) is 0 Å². The van der Waals surface area contributed by atoms with E-state index >= 15 is 8.78 Å². The predicted octanol–water partition coefficient (Wildman–Crippen LogP) is 6.80. The van der Waals surface area contributed by atoms with Gasteiger partial charge < -0.3 is 24.3 Å². The number of para-hydroxylation sites is 2. The zero-order valence-electron chi connectivity index (χ0n) is 27.6. The molecule has 13 heteroatoms. The molecule has 2 aliphatic heterocycles. The molecule has 4 aromatic carbocycles. The van der Waals surface area contributed by atoms with E-state index in [1.165, 1.54) is 9.80 Å². The molecule has 0 spiro atoms. The number of rotatable bonds is 10. The summed E-state index contributed by atoms with van der Waals surface area (Å²) in [6.07, 6.45) is -4.53. The van der Waals surface area contributed by atoms with E-state index in [2.05, 4.69) is 9.80 Å². The average molecular weight is 711 g/mol. The van der Waals surface area contributed by atoms with Gasteiger partial charge in [0.05, 0.1) is 25.0 Å². The van der Waals surface area contributed by atoms with E-state index in [1.807, 2.05) is 60.7 Å². The quantitative estimate of drug-likeness (QED) is 0.134. The Kier molecular flexibility index (Phi) is 11.1. The van der Waals surface area contributed by atoms with Gasteiger partial charge in [-0.25, -0.2) is 26.3 Å². The van der Waals surface area contributed by atoms with Crippen LogP contribution in [0.4, 0.5) is 37.7 Å². The van der Waals surface area contributed by atoms with Crippen molar-refractivity contribution in [2.75, 3.05) is 62.2 Å². The van der Waals surface area contributed by atoms with Gasteiger partial charge in [-0.05, 0) is 36.4 Å². The van der Waals surface area contributed by atoms with Crippen molar-refractivity contribution in [2.24, 2.45) is 0 Å². The second kappa shape index (κ2) is 15.9. The summed E-state index contributed by atoms with van der Waals surface area (Å²) >= 11 is 0. The molecule has 2 atom stereocenters. The summed E-state index contributed by atoms with van der Waals surface area (Å²) in [4.78, 5) is 34.5. The van der Waals surface area contributed by atoms with Crippen LogP contribution in [0, 0.1) is 34.9 Å². The van der Waals surface area contributed by atoms with Crippen LogP contribution in [0.25, 0.3) is 0 Å². The van der Waals surface area contributed by atoms with Gasteiger partial charge in [0.2, 0.25) is 11.8 Å². The van der Waals surface area contributed by atoms with Gasteiger partial charge >= 0.3 is 0 Å². The maximum absolute atomic E-state index is 15.3. The summed E-state index contributed by atoms with van der Waals surface area (Å²) in [5, 5.41) is 0. The van der Waals surface area contributed by atoms with Crippen LogP contribution >= 0.6 is 0 Å². The number of carbonyl (C=O) groups excluding carboxylic acids is 2. The van der Waals surface area contributed by atoms with E-state index in [-0.39, 0.29) is 26.2 Å². The van der Waals surface area contributed by atoms with Crippen LogP contribution in [0.15, 0.2) is 84.9 Å². The van der Waals surface area contributed by atoms with Crippen molar-refractivity contribution in [3.05, 3.63) is 131 Å². The minimum Gasteiger partial charge on any atom is -0.368 e. The SMILES string of the molecule is O=C(CC(OC(CC(=O)N1CCN(c2ccccc2)CC1)c1ccc(F)c(F)c1F)c1ccc(F)c(F)c1F)N1CCN(c2ccccc2)CC1. The number of hydrogen-bond donors (Lipinski definition) is 0. The highest BCUT2D eigenvalue weighted by molar-refractivity contribution is 5.78. The Hall–Kier alpha value is -5.04. The number of carbonyl (C=O) groups is 2. The molecular weight excluding hydrogens is 674 g/mol. The van der Waals surface area contributed by atoms with E-state index in [1.54, 1.807) is 0 Å². The van der Waals surface area contributed by atoms with Gasteiger partial charge in [0.25, 0.3) is 0 Å². The lowest BCUT2D eigenvalue weighted by Crippen LogP contribution is -2.49. The lowest BCUT2D eigenvalue weighted by atomic mass is 10.0. The standard InChI is InChI=1S/C38H36F6N4O3/c39-29-13-11-27(35(41)37(29)43)31(23-33(49)47-19-15-45(16-20-47)25-7-3-1-4-8-25)51-32(28-12-14-30(40)38(44)36(28)42)24-34(50)48-21-17-46(18-22-48)26-9-5-2-6-10-26/h1-14,31-32H,15-24H2. The first kappa shape index (κ1) is 35.8.